The van der Waals surface area contributed by atoms with Crippen molar-refractivity contribution in [1.29, 1.82) is 0 Å². The molecule has 20 heavy (non-hydrogen) atoms. The van der Waals surface area contributed by atoms with E-state index < -0.39 is 0 Å². The molecule has 0 bridgehead atoms. The van der Waals surface area contributed by atoms with E-state index in [0.717, 1.165) is 12.1 Å². The lowest BCUT2D eigenvalue weighted by Gasteiger charge is -2.07. The maximum Gasteiger partial charge on any atom is 0.170 e. The number of rotatable bonds is 4. The lowest BCUT2D eigenvalue weighted by atomic mass is 10.1. The molecule has 0 atom stereocenters. The fraction of sp³-hybridized carbons (Fsp3) is 0.118. The van der Waals surface area contributed by atoms with E-state index in [2.05, 4.69) is 54.0 Å². The zero-order valence-electron chi connectivity index (χ0n) is 11.5. The summed E-state index contributed by atoms with van der Waals surface area (Å²) in [4.78, 5) is 0. The first-order valence-electron chi connectivity index (χ1n) is 6.55. The maximum atomic E-state index is 5.22. The third-order valence-electron chi connectivity index (χ3n) is 2.86. The van der Waals surface area contributed by atoms with Crippen molar-refractivity contribution < 1.29 is 0 Å². The van der Waals surface area contributed by atoms with Gasteiger partial charge in [0.25, 0.3) is 0 Å². The van der Waals surface area contributed by atoms with E-state index in [-0.39, 0.29) is 0 Å². The van der Waals surface area contributed by atoms with E-state index in [0.29, 0.717) is 5.11 Å². The molecular weight excluding hydrogens is 264 g/mol. The molecule has 2 nitrogen and oxygen atoms in total. The highest BCUT2D eigenvalue weighted by Gasteiger charge is 1.93. The monoisotopic (exact) mass is 282 g/mol. The third-order valence-corrected chi connectivity index (χ3v) is 3.13. The standard InChI is InChI=1S/C17H18N2S/c1-14-7-9-15(10-8-14)11-12-18-17(20)19-13-16-5-3-2-4-6-16/h2-12H,13H2,1H3,(H2,18,19,20). The zero-order chi connectivity index (χ0) is 14.2. The highest BCUT2D eigenvalue weighted by Crippen LogP contribution is 2.04. The Bertz CT molecular complexity index is 574. The van der Waals surface area contributed by atoms with Crippen molar-refractivity contribution in [1.82, 2.24) is 10.6 Å². The molecule has 2 aromatic rings. The van der Waals surface area contributed by atoms with Crippen LogP contribution >= 0.6 is 12.2 Å². The molecule has 0 spiro atoms. The van der Waals surface area contributed by atoms with Gasteiger partial charge in [0.05, 0.1) is 0 Å². The quantitative estimate of drug-likeness (QED) is 0.837. The van der Waals surface area contributed by atoms with Crippen LogP contribution in [-0.4, -0.2) is 5.11 Å². The van der Waals surface area contributed by atoms with Crippen molar-refractivity contribution in [3.05, 3.63) is 77.5 Å². The van der Waals surface area contributed by atoms with Gasteiger partial charge >= 0.3 is 0 Å². The van der Waals surface area contributed by atoms with Gasteiger partial charge in [0.1, 0.15) is 0 Å². The van der Waals surface area contributed by atoms with Crippen molar-refractivity contribution in [2.24, 2.45) is 0 Å². The third kappa shape index (κ3) is 4.86. The predicted octanol–water partition coefficient (Wildman–Crippen LogP) is 3.63. The number of hydrogen-bond acceptors (Lipinski definition) is 1. The predicted molar refractivity (Wildman–Crippen MR) is 89.2 cm³/mol. The number of aryl methyl sites for hydroxylation is 1. The summed E-state index contributed by atoms with van der Waals surface area (Å²) in [6, 6.07) is 18.5. The van der Waals surface area contributed by atoms with Crippen LogP contribution in [0.25, 0.3) is 6.08 Å². The molecule has 2 rings (SSSR count). The SMILES string of the molecule is Cc1ccc(C=CNC(=S)NCc2ccccc2)cc1. The van der Waals surface area contributed by atoms with Gasteiger partial charge in [-0.05, 0) is 36.3 Å². The van der Waals surface area contributed by atoms with Crippen LogP contribution in [0.3, 0.4) is 0 Å². The molecule has 0 fully saturated rings. The van der Waals surface area contributed by atoms with E-state index in [1.54, 1.807) is 0 Å². The van der Waals surface area contributed by atoms with E-state index >= 15 is 0 Å². The van der Waals surface area contributed by atoms with Crippen LogP contribution in [0.5, 0.6) is 0 Å². The number of thiocarbonyl (C=S) groups is 1. The van der Waals surface area contributed by atoms with Crippen LogP contribution in [0.4, 0.5) is 0 Å². The lowest BCUT2D eigenvalue weighted by molar-refractivity contribution is 0.901. The molecule has 0 aliphatic heterocycles. The van der Waals surface area contributed by atoms with Gasteiger partial charge in [-0.3, -0.25) is 0 Å². The Balaban J connectivity index is 1.76. The zero-order valence-corrected chi connectivity index (χ0v) is 12.3. The molecule has 3 heteroatoms. The van der Waals surface area contributed by atoms with Crippen LogP contribution in [0.2, 0.25) is 0 Å². The average Bonchev–Trinajstić information content (AvgIpc) is 2.48. The minimum atomic E-state index is 0.622. The Hall–Kier alpha value is -2.13. The Morgan fingerprint density at radius 3 is 2.45 bits per heavy atom. The Labute approximate surface area is 125 Å². The van der Waals surface area contributed by atoms with E-state index in [9.17, 15) is 0 Å². The van der Waals surface area contributed by atoms with E-state index in [4.69, 9.17) is 12.2 Å². The van der Waals surface area contributed by atoms with Crippen LogP contribution in [0.15, 0.2) is 60.8 Å². The summed E-state index contributed by atoms with van der Waals surface area (Å²) in [6.07, 6.45) is 3.85. The first-order chi connectivity index (χ1) is 9.74. The molecule has 0 unspecified atom stereocenters. The van der Waals surface area contributed by atoms with Gasteiger partial charge < -0.3 is 10.6 Å². The van der Waals surface area contributed by atoms with Gasteiger partial charge in [0.15, 0.2) is 5.11 Å². The fourth-order valence-corrected chi connectivity index (χ4v) is 1.86. The summed E-state index contributed by atoms with van der Waals surface area (Å²) in [5, 5.41) is 6.84. The molecule has 0 aromatic heterocycles. The summed E-state index contributed by atoms with van der Waals surface area (Å²) < 4.78 is 0. The van der Waals surface area contributed by atoms with E-state index in [1.807, 2.05) is 30.5 Å². The fourth-order valence-electron chi connectivity index (χ4n) is 1.72. The minimum absolute atomic E-state index is 0.622. The molecule has 0 radical (unpaired) electrons. The van der Waals surface area contributed by atoms with Gasteiger partial charge in [-0.25, -0.2) is 0 Å². The van der Waals surface area contributed by atoms with E-state index in [1.165, 1.54) is 11.1 Å². The molecule has 0 aliphatic carbocycles. The summed E-state index contributed by atoms with van der Waals surface area (Å²) >= 11 is 5.22. The molecule has 0 saturated heterocycles. The second-order valence-corrected chi connectivity index (χ2v) is 4.96. The van der Waals surface area contributed by atoms with Crippen LogP contribution in [-0.2, 0) is 6.54 Å². The molecule has 2 N–H and O–H groups in total. The van der Waals surface area contributed by atoms with Crippen molar-refractivity contribution in [2.45, 2.75) is 13.5 Å². The van der Waals surface area contributed by atoms with Gasteiger partial charge in [-0.1, -0.05) is 60.2 Å². The Kier molecular flexibility index (Phi) is 5.33. The van der Waals surface area contributed by atoms with Crippen LogP contribution in [0, 0.1) is 6.92 Å². The largest absolute Gasteiger partial charge is 0.358 e. The molecule has 2 aromatic carbocycles. The average molecular weight is 282 g/mol. The molecular formula is C17H18N2S. The highest BCUT2D eigenvalue weighted by atomic mass is 32.1. The summed E-state index contributed by atoms with van der Waals surface area (Å²) in [5.41, 5.74) is 3.61. The van der Waals surface area contributed by atoms with Crippen molar-refractivity contribution in [3.63, 3.8) is 0 Å². The van der Waals surface area contributed by atoms with Crippen LogP contribution < -0.4 is 10.6 Å². The molecule has 102 valence electrons. The summed E-state index contributed by atoms with van der Waals surface area (Å²) in [7, 11) is 0. The minimum Gasteiger partial charge on any atom is -0.358 e. The van der Waals surface area contributed by atoms with Gasteiger partial charge in [0.2, 0.25) is 0 Å². The highest BCUT2D eigenvalue weighted by molar-refractivity contribution is 7.80. The van der Waals surface area contributed by atoms with Crippen molar-refractivity contribution in [2.75, 3.05) is 0 Å². The number of benzene rings is 2. The first kappa shape index (κ1) is 14.3. The summed E-state index contributed by atoms with van der Waals surface area (Å²) in [6.45, 7) is 2.80. The van der Waals surface area contributed by atoms with Gasteiger partial charge in [-0.2, -0.15) is 0 Å². The van der Waals surface area contributed by atoms with Gasteiger partial charge in [-0.15, -0.1) is 0 Å². The Morgan fingerprint density at radius 2 is 1.75 bits per heavy atom. The van der Waals surface area contributed by atoms with Crippen molar-refractivity contribution in [3.8, 4) is 0 Å². The van der Waals surface area contributed by atoms with Crippen molar-refractivity contribution >= 4 is 23.4 Å². The summed E-state index contributed by atoms with van der Waals surface area (Å²) in [5.74, 6) is 0. The first-order valence-corrected chi connectivity index (χ1v) is 6.96. The molecule has 0 heterocycles. The molecule has 0 saturated carbocycles. The lowest BCUT2D eigenvalue weighted by Crippen LogP contribution is -2.31. The number of nitrogens with one attached hydrogen (secondary N) is 2. The smallest absolute Gasteiger partial charge is 0.170 e. The maximum absolute atomic E-state index is 5.22. The molecule has 0 amide bonds. The Morgan fingerprint density at radius 1 is 1.05 bits per heavy atom. The topological polar surface area (TPSA) is 24.1 Å². The molecule has 0 aliphatic rings. The second-order valence-electron chi connectivity index (χ2n) is 4.56. The number of hydrogen-bond donors (Lipinski definition) is 2. The van der Waals surface area contributed by atoms with Gasteiger partial charge in [0, 0.05) is 12.7 Å². The second kappa shape index (κ2) is 7.46. The normalized spacial score (nSPS) is 10.4. The van der Waals surface area contributed by atoms with Crippen LogP contribution in [0.1, 0.15) is 16.7 Å².